The van der Waals surface area contributed by atoms with E-state index in [0.717, 1.165) is 0 Å². The van der Waals surface area contributed by atoms with Crippen LogP contribution in [-0.4, -0.2) is 47.9 Å². The van der Waals surface area contributed by atoms with Crippen molar-refractivity contribution >= 4 is 23.5 Å². The number of carboxylic acid groups (broad SMARTS) is 1. The van der Waals surface area contributed by atoms with Crippen LogP contribution in [0.3, 0.4) is 0 Å². The van der Waals surface area contributed by atoms with Crippen LogP contribution in [0.25, 0.3) is 0 Å². The molecule has 1 fully saturated rings. The van der Waals surface area contributed by atoms with Crippen molar-refractivity contribution in [3.63, 3.8) is 0 Å². The zero-order valence-corrected chi connectivity index (χ0v) is 13.7. The minimum absolute atomic E-state index is 0.261. The van der Waals surface area contributed by atoms with Gasteiger partial charge in [-0.25, -0.2) is 13.6 Å². The Labute approximate surface area is 143 Å². The Morgan fingerprint density at radius 3 is 2.46 bits per heavy atom. The number of hydrogen-bond donors (Lipinski definition) is 2. The number of carbonyl (C=O) groups excluding carboxylic acids is 1. The molecular weight excluding hydrogens is 342 g/mol. The zero-order chi connectivity index (χ0) is 17.7. The molecule has 8 heteroatoms. The molecule has 1 amide bonds. The first-order valence-electron chi connectivity index (χ1n) is 7.66. The summed E-state index contributed by atoms with van der Waals surface area (Å²) in [5, 5.41) is 12.1. The minimum atomic E-state index is -2.40. The first kappa shape index (κ1) is 18.6. The van der Waals surface area contributed by atoms with Gasteiger partial charge in [-0.15, -0.1) is 0 Å². The van der Waals surface area contributed by atoms with Crippen molar-refractivity contribution in [3.05, 3.63) is 34.9 Å². The minimum Gasteiger partial charge on any atom is -0.479 e. The number of nitrogens with one attached hydrogen (secondary N) is 1. The maximum Gasteiger partial charge on any atom is 0.330 e. The second-order valence-corrected chi connectivity index (χ2v) is 6.17. The number of benzene rings is 1. The van der Waals surface area contributed by atoms with Crippen molar-refractivity contribution in [2.45, 2.75) is 25.3 Å². The highest BCUT2D eigenvalue weighted by atomic mass is 35.5. The molecule has 1 aromatic rings. The van der Waals surface area contributed by atoms with Gasteiger partial charge < -0.3 is 10.4 Å². The molecule has 132 valence electrons. The Bertz CT molecular complexity index is 592. The van der Waals surface area contributed by atoms with Crippen molar-refractivity contribution in [1.82, 2.24) is 10.2 Å². The summed E-state index contributed by atoms with van der Waals surface area (Å²) in [6.45, 7) is 0.490. The van der Waals surface area contributed by atoms with Crippen LogP contribution in [0, 0.1) is 5.92 Å². The van der Waals surface area contributed by atoms with Crippen LogP contribution >= 0.6 is 11.6 Å². The summed E-state index contributed by atoms with van der Waals surface area (Å²) in [4.78, 5) is 25.4. The van der Waals surface area contributed by atoms with Crippen LogP contribution in [0.15, 0.2) is 24.3 Å². The third kappa shape index (κ3) is 4.88. The lowest BCUT2D eigenvalue weighted by Crippen LogP contribution is -2.44. The van der Waals surface area contributed by atoms with Gasteiger partial charge in [-0.05, 0) is 32.0 Å². The van der Waals surface area contributed by atoms with E-state index < -0.39 is 18.4 Å². The molecule has 5 nitrogen and oxygen atoms in total. The Hall–Kier alpha value is -1.73. The van der Waals surface area contributed by atoms with E-state index >= 15 is 0 Å². The van der Waals surface area contributed by atoms with E-state index in [1.807, 2.05) is 0 Å². The number of aliphatic carboxylic acids is 1. The molecule has 0 radical (unpaired) electrons. The van der Waals surface area contributed by atoms with Crippen LogP contribution < -0.4 is 5.32 Å². The molecule has 0 aromatic heterocycles. The number of piperidine rings is 1. The predicted molar refractivity (Wildman–Crippen MR) is 85.1 cm³/mol. The zero-order valence-electron chi connectivity index (χ0n) is 12.9. The van der Waals surface area contributed by atoms with Crippen LogP contribution in [0.2, 0.25) is 5.02 Å². The standard InChI is InChI=1S/C16H19ClF2N2O3/c17-12-4-2-1-3-11(12)14(16(23)24)20-15(22)10-5-7-21(8-6-10)9-13(18)19/h1-4,10,13-14H,5-9H2,(H,20,22)(H,23,24). The second-order valence-electron chi connectivity index (χ2n) is 5.77. The van der Waals surface area contributed by atoms with Gasteiger partial charge in [0.25, 0.3) is 6.43 Å². The van der Waals surface area contributed by atoms with Crippen LogP contribution in [0.1, 0.15) is 24.4 Å². The van der Waals surface area contributed by atoms with Gasteiger partial charge >= 0.3 is 5.97 Å². The molecule has 1 aliphatic heterocycles. The van der Waals surface area contributed by atoms with Crippen LogP contribution in [0.5, 0.6) is 0 Å². The summed E-state index contributed by atoms with van der Waals surface area (Å²) in [6, 6.07) is 5.19. The molecule has 0 spiro atoms. The molecule has 1 unspecified atom stereocenters. The van der Waals surface area contributed by atoms with E-state index in [-0.39, 0.29) is 23.4 Å². The molecule has 24 heavy (non-hydrogen) atoms. The fraction of sp³-hybridized carbons (Fsp3) is 0.500. The Kier molecular flexibility index (Phi) is 6.51. The lowest BCUT2D eigenvalue weighted by atomic mass is 9.95. The third-order valence-electron chi connectivity index (χ3n) is 4.10. The number of nitrogens with zero attached hydrogens (tertiary/aromatic N) is 1. The molecular formula is C16H19ClF2N2O3. The second kappa shape index (κ2) is 8.39. The SMILES string of the molecule is O=C(NC(C(=O)O)c1ccccc1Cl)C1CCN(CC(F)F)CC1. The van der Waals surface area contributed by atoms with E-state index in [1.54, 1.807) is 29.2 Å². The fourth-order valence-electron chi connectivity index (χ4n) is 2.81. The number of alkyl halides is 2. The lowest BCUT2D eigenvalue weighted by molar-refractivity contribution is -0.143. The highest BCUT2D eigenvalue weighted by Gasteiger charge is 2.30. The number of carbonyl (C=O) groups is 2. The molecule has 1 aliphatic rings. The summed E-state index contributed by atoms with van der Waals surface area (Å²) in [5.41, 5.74) is 0.315. The first-order chi connectivity index (χ1) is 11.4. The van der Waals surface area contributed by atoms with Gasteiger partial charge in [0, 0.05) is 16.5 Å². The molecule has 1 heterocycles. The van der Waals surface area contributed by atoms with Gasteiger partial charge in [-0.2, -0.15) is 0 Å². The molecule has 1 saturated heterocycles. The molecule has 0 aliphatic carbocycles. The smallest absolute Gasteiger partial charge is 0.330 e. The molecule has 0 saturated carbocycles. The highest BCUT2D eigenvalue weighted by Crippen LogP contribution is 2.25. The van der Waals surface area contributed by atoms with E-state index in [9.17, 15) is 23.5 Å². The van der Waals surface area contributed by atoms with Crippen molar-refractivity contribution in [3.8, 4) is 0 Å². The summed E-state index contributed by atoms with van der Waals surface area (Å²) >= 11 is 6.01. The Morgan fingerprint density at radius 2 is 1.92 bits per heavy atom. The maximum atomic E-state index is 12.4. The van der Waals surface area contributed by atoms with Crippen molar-refractivity contribution < 1.29 is 23.5 Å². The average molecular weight is 361 g/mol. The predicted octanol–water partition coefficient (Wildman–Crippen LogP) is 2.56. The number of rotatable bonds is 6. The number of amides is 1. The van der Waals surface area contributed by atoms with E-state index in [2.05, 4.69) is 5.32 Å². The fourth-order valence-corrected chi connectivity index (χ4v) is 3.06. The summed E-state index contributed by atoms with van der Waals surface area (Å²) < 4.78 is 24.7. The van der Waals surface area contributed by atoms with Gasteiger partial charge in [0.15, 0.2) is 6.04 Å². The quantitative estimate of drug-likeness (QED) is 0.818. The third-order valence-corrected chi connectivity index (χ3v) is 4.45. The number of likely N-dealkylation sites (tertiary alicyclic amines) is 1. The molecule has 2 rings (SSSR count). The van der Waals surface area contributed by atoms with Crippen LogP contribution in [0.4, 0.5) is 8.78 Å². The van der Waals surface area contributed by atoms with E-state index in [1.165, 1.54) is 0 Å². The number of halogens is 3. The van der Waals surface area contributed by atoms with Crippen molar-refractivity contribution in [1.29, 1.82) is 0 Å². The van der Waals surface area contributed by atoms with Gasteiger partial charge in [0.05, 0.1) is 6.54 Å². The topological polar surface area (TPSA) is 69.6 Å². The average Bonchev–Trinajstić information content (AvgIpc) is 2.53. The summed E-state index contributed by atoms with van der Waals surface area (Å²) in [6.07, 6.45) is -1.55. The largest absolute Gasteiger partial charge is 0.479 e. The summed E-state index contributed by atoms with van der Waals surface area (Å²) in [5.74, 6) is -1.98. The number of carboxylic acids is 1. The van der Waals surface area contributed by atoms with E-state index in [4.69, 9.17) is 11.6 Å². The lowest BCUT2D eigenvalue weighted by Gasteiger charge is -2.31. The highest BCUT2D eigenvalue weighted by molar-refractivity contribution is 6.31. The van der Waals surface area contributed by atoms with Gasteiger partial charge in [0.2, 0.25) is 5.91 Å². The Morgan fingerprint density at radius 1 is 1.29 bits per heavy atom. The van der Waals surface area contributed by atoms with Crippen molar-refractivity contribution in [2.75, 3.05) is 19.6 Å². The molecule has 1 atom stereocenters. The molecule has 2 N–H and O–H groups in total. The Balaban J connectivity index is 1.97. The maximum absolute atomic E-state index is 12.4. The van der Waals surface area contributed by atoms with Gasteiger partial charge in [-0.3, -0.25) is 9.69 Å². The normalized spacial score (nSPS) is 17.7. The summed E-state index contributed by atoms with van der Waals surface area (Å²) in [7, 11) is 0. The first-order valence-corrected chi connectivity index (χ1v) is 8.04. The van der Waals surface area contributed by atoms with Gasteiger partial charge in [0.1, 0.15) is 0 Å². The molecule has 1 aromatic carbocycles. The van der Waals surface area contributed by atoms with E-state index in [0.29, 0.717) is 31.5 Å². The number of hydrogen-bond acceptors (Lipinski definition) is 3. The molecule has 0 bridgehead atoms. The van der Waals surface area contributed by atoms with Crippen molar-refractivity contribution in [2.24, 2.45) is 5.92 Å². The van der Waals surface area contributed by atoms with Crippen LogP contribution in [-0.2, 0) is 9.59 Å². The monoisotopic (exact) mass is 360 g/mol. The van der Waals surface area contributed by atoms with Gasteiger partial charge in [-0.1, -0.05) is 29.8 Å².